The molecule has 2 rings (SSSR count). The molecule has 0 aliphatic carbocycles. The largest absolute Gasteiger partial charge is 0.381 e. The molecule has 0 saturated carbocycles. The van der Waals surface area contributed by atoms with Gasteiger partial charge in [0.2, 0.25) is 0 Å². The van der Waals surface area contributed by atoms with Crippen molar-refractivity contribution in [2.75, 3.05) is 0 Å². The Morgan fingerprint density at radius 3 is 1.97 bits per heavy atom. The number of carbonyl (C=O) groups excluding carboxylic acids is 3. The Morgan fingerprint density at radius 1 is 1.03 bits per heavy atom. The quantitative estimate of drug-likeness (QED) is 0.221. The Bertz CT molecular complexity index is 1130. The number of aldehydes is 1. The fraction of sp³-hybridized carbons (Fsp3) is 0.208. The van der Waals surface area contributed by atoms with Crippen LogP contribution in [0.25, 0.3) is 0 Å². The molecule has 7 nitrogen and oxygen atoms in total. The summed E-state index contributed by atoms with van der Waals surface area (Å²) < 4.78 is 26.6. The van der Waals surface area contributed by atoms with Crippen LogP contribution in [0.1, 0.15) is 45.2 Å². The number of nitrogens with one attached hydrogen (secondary N) is 2. The average molecular weight is 454 g/mol. The maximum atomic E-state index is 13.3. The second kappa shape index (κ2) is 11.5. The predicted molar refractivity (Wildman–Crippen MR) is 114 cm³/mol. The number of amides is 2. The van der Waals surface area contributed by atoms with E-state index in [9.17, 15) is 28.3 Å². The molecule has 33 heavy (non-hydrogen) atoms. The second-order valence-electron chi connectivity index (χ2n) is 6.85. The van der Waals surface area contributed by atoms with Crippen molar-refractivity contribution in [3.8, 4) is 23.7 Å². The molecule has 2 aromatic carbocycles. The number of alkyl halides is 2. The lowest BCUT2D eigenvalue weighted by Gasteiger charge is -2.33. The maximum Gasteiger partial charge on any atom is 0.269 e. The normalized spacial score (nSPS) is 12.8. The fourth-order valence-corrected chi connectivity index (χ4v) is 2.74. The molecule has 0 aliphatic rings. The van der Waals surface area contributed by atoms with Gasteiger partial charge in [0.25, 0.3) is 18.2 Å². The average Bonchev–Trinajstić information content (AvgIpc) is 2.84. The molecular weight excluding hydrogens is 434 g/mol. The van der Waals surface area contributed by atoms with E-state index in [1.165, 1.54) is 36.7 Å². The number of hydrogen-bond donors (Lipinski definition) is 4. The van der Waals surface area contributed by atoms with Gasteiger partial charge >= 0.3 is 0 Å². The highest BCUT2D eigenvalue weighted by atomic mass is 19.3. The lowest BCUT2D eigenvalue weighted by Crippen LogP contribution is -2.62. The van der Waals surface area contributed by atoms with E-state index in [0.29, 0.717) is 16.7 Å². The van der Waals surface area contributed by atoms with Crippen LogP contribution in [0.3, 0.4) is 0 Å². The fourth-order valence-electron chi connectivity index (χ4n) is 2.74. The zero-order valence-corrected chi connectivity index (χ0v) is 17.4. The van der Waals surface area contributed by atoms with Gasteiger partial charge in [0.15, 0.2) is 5.60 Å². The summed E-state index contributed by atoms with van der Waals surface area (Å²) in [5.74, 6) is 8.60. The number of carbonyl (C=O) groups is 3. The molecule has 0 spiro atoms. The van der Waals surface area contributed by atoms with E-state index in [1.807, 2.05) is 5.32 Å². The minimum atomic E-state index is -3.35. The smallest absolute Gasteiger partial charge is 0.269 e. The van der Waals surface area contributed by atoms with Crippen molar-refractivity contribution in [2.24, 2.45) is 0 Å². The Labute approximate surface area is 188 Å². The summed E-state index contributed by atoms with van der Waals surface area (Å²) in [6, 6.07) is 10.2. The summed E-state index contributed by atoms with van der Waals surface area (Å²) >= 11 is 0. The number of halogens is 2. The van der Waals surface area contributed by atoms with Crippen LogP contribution in [-0.4, -0.2) is 46.5 Å². The van der Waals surface area contributed by atoms with Crippen molar-refractivity contribution >= 4 is 18.1 Å². The van der Waals surface area contributed by atoms with E-state index < -0.39 is 36.3 Å². The number of rotatable bonds is 7. The van der Waals surface area contributed by atoms with Gasteiger partial charge in [0.05, 0.1) is 0 Å². The Balaban J connectivity index is 2.12. The first-order chi connectivity index (χ1) is 15.7. The molecule has 0 radical (unpaired) electrons. The second-order valence-corrected chi connectivity index (χ2v) is 6.85. The van der Waals surface area contributed by atoms with E-state index >= 15 is 0 Å². The molecule has 2 amide bonds. The van der Waals surface area contributed by atoms with Crippen LogP contribution in [0.15, 0.2) is 48.5 Å². The molecule has 0 aromatic heterocycles. The molecule has 2 aromatic rings. The van der Waals surface area contributed by atoms with E-state index in [0.717, 1.165) is 6.29 Å². The van der Waals surface area contributed by atoms with Gasteiger partial charge < -0.3 is 10.4 Å². The Morgan fingerprint density at radius 2 is 1.55 bits per heavy atom. The molecule has 2 unspecified atom stereocenters. The van der Waals surface area contributed by atoms with Crippen LogP contribution in [0.5, 0.6) is 0 Å². The molecular formula is C24H20F2N2O5. The maximum absolute atomic E-state index is 13.3. The SMILES string of the molecule is CCC(O)(C(F)F)C(NC(=O)c1ccc(C#CC#Cc2ccc(C=O)cc2)cc1)C(=O)NO. The number of hydrogen-bond acceptors (Lipinski definition) is 5. The van der Waals surface area contributed by atoms with Gasteiger partial charge in [0.1, 0.15) is 12.3 Å². The van der Waals surface area contributed by atoms with E-state index in [1.54, 1.807) is 24.3 Å². The minimum absolute atomic E-state index is 0.0189. The summed E-state index contributed by atoms with van der Waals surface area (Å²) in [6.07, 6.45) is -3.18. The zero-order chi connectivity index (χ0) is 24.4. The predicted octanol–water partition coefficient (Wildman–Crippen LogP) is 1.91. The highest BCUT2D eigenvalue weighted by Gasteiger charge is 2.48. The standard InChI is InChI=1S/C24H20F2N2O5/c1-2-24(32,23(25)26)20(22(31)28-33)27-21(30)19-13-11-17(12-14-19)6-4-3-5-16-7-9-18(15-29)10-8-16/h7-15,20,23,32-33H,2H2,1H3,(H,27,30)(H,28,31). The topological polar surface area (TPSA) is 116 Å². The van der Waals surface area contributed by atoms with Crippen LogP contribution in [0.4, 0.5) is 8.78 Å². The van der Waals surface area contributed by atoms with Gasteiger partial charge in [-0.15, -0.1) is 0 Å². The highest BCUT2D eigenvalue weighted by molar-refractivity contribution is 5.98. The van der Waals surface area contributed by atoms with E-state index in [2.05, 4.69) is 23.7 Å². The molecule has 9 heteroatoms. The number of benzene rings is 2. The number of aliphatic hydroxyl groups is 1. The lowest BCUT2D eigenvalue weighted by molar-refractivity contribution is -0.154. The molecule has 4 N–H and O–H groups in total. The van der Waals surface area contributed by atoms with Crippen molar-refractivity contribution in [1.82, 2.24) is 10.8 Å². The zero-order valence-electron chi connectivity index (χ0n) is 17.4. The molecule has 170 valence electrons. The van der Waals surface area contributed by atoms with Crippen molar-refractivity contribution < 1.29 is 33.5 Å². The summed E-state index contributed by atoms with van der Waals surface area (Å²) in [5.41, 5.74) is 0.0505. The monoisotopic (exact) mass is 454 g/mol. The molecule has 0 bridgehead atoms. The van der Waals surface area contributed by atoms with Gasteiger partial charge in [-0.3, -0.25) is 19.6 Å². The molecule has 0 fully saturated rings. The van der Waals surface area contributed by atoms with Crippen LogP contribution in [0.2, 0.25) is 0 Å². The third-order valence-corrected chi connectivity index (χ3v) is 4.76. The summed E-state index contributed by atoms with van der Waals surface area (Å²) in [5, 5.41) is 21.0. The van der Waals surface area contributed by atoms with Gasteiger partial charge in [-0.05, 0) is 54.7 Å². The number of hydroxylamine groups is 1. The van der Waals surface area contributed by atoms with Crippen molar-refractivity contribution in [3.05, 3.63) is 70.8 Å². The van der Waals surface area contributed by atoms with E-state index in [-0.39, 0.29) is 5.56 Å². The van der Waals surface area contributed by atoms with Crippen LogP contribution >= 0.6 is 0 Å². The third-order valence-electron chi connectivity index (χ3n) is 4.76. The van der Waals surface area contributed by atoms with Gasteiger partial charge in [-0.2, -0.15) is 0 Å². The first-order valence-corrected chi connectivity index (χ1v) is 9.67. The lowest BCUT2D eigenvalue weighted by atomic mass is 9.90. The van der Waals surface area contributed by atoms with Crippen LogP contribution < -0.4 is 10.8 Å². The van der Waals surface area contributed by atoms with Crippen LogP contribution in [0, 0.1) is 23.7 Å². The summed E-state index contributed by atoms with van der Waals surface area (Å²) in [7, 11) is 0. The molecule has 0 saturated heterocycles. The first-order valence-electron chi connectivity index (χ1n) is 9.67. The highest BCUT2D eigenvalue weighted by Crippen LogP contribution is 2.24. The van der Waals surface area contributed by atoms with E-state index in [4.69, 9.17) is 5.21 Å². The van der Waals surface area contributed by atoms with Crippen molar-refractivity contribution in [2.45, 2.75) is 31.4 Å². The van der Waals surface area contributed by atoms with Gasteiger partial charge in [0, 0.05) is 22.3 Å². The molecule has 2 atom stereocenters. The van der Waals surface area contributed by atoms with Gasteiger partial charge in [-0.25, -0.2) is 14.3 Å². The van der Waals surface area contributed by atoms with Crippen molar-refractivity contribution in [1.29, 1.82) is 0 Å². The molecule has 0 heterocycles. The third kappa shape index (κ3) is 6.47. The molecule has 0 aliphatic heterocycles. The first kappa shape index (κ1) is 25.2. The Kier molecular flexibility index (Phi) is 8.81. The van der Waals surface area contributed by atoms with Crippen molar-refractivity contribution in [3.63, 3.8) is 0 Å². The van der Waals surface area contributed by atoms with Gasteiger partial charge in [-0.1, -0.05) is 30.9 Å². The minimum Gasteiger partial charge on any atom is -0.381 e. The summed E-state index contributed by atoms with van der Waals surface area (Å²) in [6.45, 7) is 1.21. The van der Waals surface area contributed by atoms with Crippen LogP contribution in [-0.2, 0) is 4.79 Å². The summed E-state index contributed by atoms with van der Waals surface area (Å²) in [4.78, 5) is 34.9. The Hall–Kier alpha value is -4.05.